The highest BCUT2D eigenvalue weighted by molar-refractivity contribution is 5.76. The molecule has 0 bridgehead atoms. The molecule has 0 radical (unpaired) electrons. The van der Waals surface area contributed by atoms with Gasteiger partial charge in [-0.25, -0.2) is 13.2 Å². The highest BCUT2D eigenvalue weighted by Crippen LogP contribution is 2.34. The zero-order valence-electron chi connectivity index (χ0n) is 20.1. The number of halogens is 4. The number of hydrogen-bond acceptors (Lipinski definition) is 1. The van der Waals surface area contributed by atoms with Crippen LogP contribution in [-0.4, -0.2) is 0 Å². The molecule has 0 saturated carbocycles. The van der Waals surface area contributed by atoms with Gasteiger partial charge in [0, 0.05) is 11.1 Å². The first-order chi connectivity index (χ1) is 16.9. The van der Waals surface area contributed by atoms with E-state index >= 15 is 0 Å². The van der Waals surface area contributed by atoms with E-state index in [0.29, 0.717) is 17.1 Å². The fourth-order valence-electron chi connectivity index (χ4n) is 4.16. The molecule has 3 rings (SSSR count). The van der Waals surface area contributed by atoms with Crippen molar-refractivity contribution < 1.29 is 22.3 Å². The van der Waals surface area contributed by atoms with Crippen molar-refractivity contribution in [1.29, 1.82) is 0 Å². The highest BCUT2D eigenvalue weighted by atomic mass is 19.2. The molecule has 184 valence electrons. The molecule has 0 heterocycles. The lowest BCUT2D eigenvalue weighted by Crippen LogP contribution is -2.06. The maximum absolute atomic E-state index is 14.8. The van der Waals surface area contributed by atoms with Crippen molar-refractivity contribution in [3.63, 3.8) is 0 Å². The SMILES string of the molecule is C=C/C=C(\C=C/Cc1ccc(C2=CCC(CC)CC2)c(F)c1F)c1ccc(O/C=C\C)c(F)c1F. The van der Waals surface area contributed by atoms with Gasteiger partial charge in [-0.05, 0) is 67.4 Å². The molecule has 0 spiro atoms. The van der Waals surface area contributed by atoms with Gasteiger partial charge in [0.1, 0.15) is 0 Å². The molecular formula is C30H30F4O. The maximum Gasteiger partial charge on any atom is 0.201 e. The Hall–Kier alpha value is -3.34. The zero-order chi connectivity index (χ0) is 25.4. The number of hydrogen-bond donors (Lipinski definition) is 0. The fraction of sp³-hybridized carbons (Fsp3) is 0.267. The molecule has 0 fully saturated rings. The third-order valence-corrected chi connectivity index (χ3v) is 6.23. The summed E-state index contributed by atoms with van der Waals surface area (Å²) in [6.45, 7) is 7.45. The summed E-state index contributed by atoms with van der Waals surface area (Å²) in [5.41, 5.74) is 1.69. The zero-order valence-corrected chi connectivity index (χ0v) is 20.1. The molecule has 0 amide bonds. The van der Waals surface area contributed by atoms with E-state index in [1.807, 2.05) is 6.08 Å². The lowest BCUT2D eigenvalue weighted by molar-refractivity contribution is 0.413. The first kappa shape index (κ1) is 26.3. The molecule has 1 unspecified atom stereocenters. The van der Waals surface area contributed by atoms with Crippen molar-refractivity contribution in [2.75, 3.05) is 0 Å². The summed E-state index contributed by atoms with van der Waals surface area (Å²) in [6.07, 6.45) is 14.7. The molecule has 1 nitrogen and oxygen atoms in total. The molecule has 35 heavy (non-hydrogen) atoms. The highest BCUT2D eigenvalue weighted by Gasteiger charge is 2.20. The van der Waals surface area contributed by atoms with Gasteiger partial charge in [-0.1, -0.05) is 68.5 Å². The first-order valence-electron chi connectivity index (χ1n) is 11.8. The van der Waals surface area contributed by atoms with E-state index in [9.17, 15) is 17.6 Å². The van der Waals surface area contributed by atoms with E-state index < -0.39 is 23.3 Å². The number of rotatable bonds is 9. The number of ether oxygens (including phenoxy) is 1. The van der Waals surface area contributed by atoms with Crippen LogP contribution in [0, 0.1) is 29.2 Å². The molecular weight excluding hydrogens is 452 g/mol. The van der Waals surface area contributed by atoms with Crippen LogP contribution in [0.1, 0.15) is 56.2 Å². The monoisotopic (exact) mass is 482 g/mol. The second-order valence-electron chi connectivity index (χ2n) is 8.47. The van der Waals surface area contributed by atoms with E-state index in [4.69, 9.17) is 4.74 Å². The summed E-state index contributed by atoms with van der Waals surface area (Å²) >= 11 is 0. The predicted molar refractivity (Wildman–Crippen MR) is 135 cm³/mol. The van der Waals surface area contributed by atoms with Crippen LogP contribution in [0.4, 0.5) is 17.6 Å². The van der Waals surface area contributed by atoms with Crippen LogP contribution in [0.15, 0.2) is 73.6 Å². The minimum atomic E-state index is -1.12. The average molecular weight is 483 g/mol. The minimum absolute atomic E-state index is 0.00287. The van der Waals surface area contributed by atoms with Crippen molar-refractivity contribution in [2.24, 2.45) is 5.92 Å². The molecule has 0 aliphatic heterocycles. The number of benzene rings is 2. The van der Waals surface area contributed by atoms with Gasteiger partial charge in [-0.15, -0.1) is 0 Å². The topological polar surface area (TPSA) is 9.23 Å². The van der Waals surface area contributed by atoms with Crippen LogP contribution in [-0.2, 0) is 6.42 Å². The van der Waals surface area contributed by atoms with Crippen LogP contribution >= 0.6 is 0 Å². The van der Waals surface area contributed by atoms with E-state index in [2.05, 4.69) is 13.5 Å². The van der Waals surface area contributed by atoms with E-state index in [0.717, 1.165) is 31.3 Å². The van der Waals surface area contributed by atoms with Gasteiger partial charge in [0.05, 0.1) is 6.26 Å². The molecule has 0 saturated heterocycles. The van der Waals surface area contributed by atoms with Gasteiger partial charge in [-0.3, -0.25) is 0 Å². The van der Waals surface area contributed by atoms with Gasteiger partial charge in [-0.2, -0.15) is 4.39 Å². The summed E-state index contributed by atoms with van der Waals surface area (Å²) in [5, 5.41) is 0. The molecule has 0 aromatic heterocycles. The van der Waals surface area contributed by atoms with Crippen molar-refractivity contribution >= 4 is 11.1 Å². The second kappa shape index (κ2) is 12.4. The van der Waals surface area contributed by atoms with Crippen LogP contribution in [0.2, 0.25) is 0 Å². The fourth-order valence-corrected chi connectivity index (χ4v) is 4.16. The maximum atomic E-state index is 14.8. The lowest BCUT2D eigenvalue weighted by atomic mass is 9.85. The van der Waals surface area contributed by atoms with Crippen molar-refractivity contribution in [1.82, 2.24) is 0 Å². The van der Waals surface area contributed by atoms with Gasteiger partial charge >= 0.3 is 0 Å². The van der Waals surface area contributed by atoms with Crippen LogP contribution in [0.5, 0.6) is 5.75 Å². The van der Waals surface area contributed by atoms with Gasteiger partial charge in [0.2, 0.25) is 5.82 Å². The molecule has 1 atom stereocenters. The predicted octanol–water partition coefficient (Wildman–Crippen LogP) is 9.12. The molecule has 5 heteroatoms. The van der Waals surface area contributed by atoms with Crippen molar-refractivity contribution in [3.05, 3.63) is 114 Å². The average Bonchev–Trinajstić information content (AvgIpc) is 2.87. The Labute approximate surface area is 204 Å². The smallest absolute Gasteiger partial charge is 0.201 e. The molecule has 2 aromatic carbocycles. The quantitative estimate of drug-likeness (QED) is 0.197. The normalized spacial score (nSPS) is 16.7. The standard InChI is InChI=1S/C30H30F4O/c1-4-8-21(25-17-18-26(35-19-5-2)30(34)29(25)33)9-7-10-23-15-16-24(28(32)27(23)31)22-13-11-20(6-3)12-14-22/h4-5,7-9,13,15-20H,1,6,10-12,14H2,2-3H3/b9-7-,19-5-,21-8+. The van der Waals surface area contributed by atoms with Crippen LogP contribution in [0.25, 0.3) is 11.1 Å². The van der Waals surface area contributed by atoms with Crippen molar-refractivity contribution in [2.45, 2.75) is 46.0 Å². The minimum Gasteiger partial charge on any atom is -0.462 e. The second-order valence-corrected chi connectivity index (χ2v) is 8.47. The van der Waals surface area contributed by atoms with Crippen LogP contribution < -0.4 is 4.74 Å². The number of allylic oxidation sites excluding steroid dienone is 8. The Bertz CT molecular complexity index is 1190. The molecule has 2 aromatic rings. The summed E-state index contributed by atoms with van der Waals surface area (Å²) in [5.74, 6) is -3.55. The Kier molecular flexibility index (Phi) is 9.30. The largest absolute Gasteiger partial charge is 0.462 e. The van der Waals surface area contributed by atoms with Gasteiger partial charge in [0.15, 0.2) is 23.2 Å². The summed E-state index contributed by atoms with van der Waals surface area (Å²) in [7, 11) is 0. The Morgan fingerprint density at radius 3 is 2.51 bits per heavy atom. The Morgan fingerprint density at radius 2 is 1.86 bits per heavy atom. The first-order valence-corrected chi connectivity index (χ1v) is 11.8. The summed E-state index contributed by atoms with van der Waals surface area (Å²) in [4.78, 5) is 0. The Balaban J connectivity index is 1.80. The van der Waals surface area contributed by atoms with Gasteiger partial charge in [0.25, 0.3) is 0 Å². The summed E-state index contributed by atoms with van der Waals surface area (Å²) in [6, 6.07) is 5.93. The van der Waals surface area contributed by atoms with Crippen LogP contribution in [0.3, 0.4) is 0 Å². The third kappa shape index (κ3) is 6.21. The van der Waals surface area contributed by atoms with Crippen molar-refractivity contribution in [3.8, 4) is 5.75 Å². The van der Waals surface area contributed by atoms with E-state index in [1.165, 1.54) is 36.6 Å². The lowest BCUT2D eigenvalue weighted by Gasteiger charge is -2.21. The Morgan fingerprint density at radius 1 is 1.06 bits per heavy atom. The third-order valence-electron chi connectivity index (χ3n) is 6.23. The summed E-state index contributed by atoms with van der Waals surface area (Å²) < 4.78 is 63.8. The van der Waals surface area contributed by atoms with E-state index in [1.54, 1.807) is 31.2 Å². The van der Waals surface area contributed by atoms with E-state index in [-0.39, 0.29) is 23.3 Å². The molecule has 1 aliphatic carbocycles. The molecule has 0 N–H and O–H groups in total. The molecule has 1 aliphatic rings. The van der Waals surface area contributed by atoms with Gasteiger partial charge < -0.3 is 4.74 Å².